The summed E-state index contributed by atoms with van der Waals surface area (Å²) in [6, 6.07) is 4.83. The molecule has 0 bridgehead atoms. The fraction of sp³-hybridized carbons (Fsp3) is 0.538. The fourth-order valence-corrected chi connectivity index (χ4v) is 2.29. The van der Waals surface area contributed by atoms with Gasteiger partial charge in [-0.05, 0) is 48.1 Å². The molecule has 0 aromatic heterocycles. The van der Waals surface area contributed by atoms with Crippen molar-refractivity contribution in [1.82, 2.24) is 5.32 Å². The van der Waals surface area contributed by atoms with E-state index in [1.807, 2.05) is 0 Å². The van der Waals surface area contributed by atoms with E-state index in [0.29, 0.717) is 0 Å². The first-order valence-corrected chi connectivity index (χ1v) is 5.69. The molecule has 1 aromatic carbocycles. The Morgan fingerprint density at radius 1 is 1.07 bits per heavy atom. The summed E-state index contributed by atoms with van der Waals surface area (Å²) < 4.78 is 0. The Balaban J connectivity index is 2.43. The molecule has 14 heavy (non-hydrogen) atoms. The van der Waals surface area contributed by atoms with Crippen LogP contribution in [0.4, 0.5) is 0 Å². The van der Waals surface area contributed by atoms with Crippen LogP contribution in [0.5, 0.6) is 0 Å². The van der Waals surface area contributed by atoms with Crippen molar-refractivity contribution in [2.45, 2.75) is 39.7 Å². The first kappa shape index (κ1) is 9.72. The van der Waals surface area contributed by atoms with Crippen molar-refractivity contribution in [2.24, 2.45) is 0 Å². The van der Waals surface area contributed by atoms with Gasteiger partial charge >= 0.3 is 0 Å². The van der Waals surface area contributed by atoms with E-state index in [9.17, 15) is 0 Å². The molecule has 0 atom stereocenters. The zero-order valence-corrected chi connectivity index (χ0v) is 9.19. The van der Waals surface area contributed by atoms with E-state index >= 15 is 0 Å². The first-order chi connectivity index (χ1) is 6.85. The first-order valence-electron chi connectivity index (χ1n) is 5.69. The summed E-state index contributed by atoms with van der Waals surface area (Å²) in [5, 5.41) is 3.43. The Bertz CT molecular complexity index is 284. The molecule has 1 heterocycles. The second-order valence-corrected chi connectivity index (χ2v) is 4.02. The van der Waals surface area contributed by atoms with Gasteiger partial charge in [-0.1, -0.05) is 26.0 Å². The third kappa shape index (κ3) is 1.69. The molecule has 0 amide bonds. The van der Waals surface area contributed by atoms with Gasteiger partial charge in [0.05, 0.1) is 0 Å². The molecule has 1 heteroatoms. The third-order valence-electron chi connectivity index (χ3n) is 3.17. The Hall–Kier alpha value is -0.820. The average Bonchev–Trinajstić information content (AvgIpc) is 2.27. The topological polar surface area (TPSA) is 12.0 Å². The normalized spacial score (nSPS) is 15.3. The lowest BCUT2D eigenvalue weighted by Gasteiger charge is -2.20. The highest BCUT2D eigenvalue weighted by Gasteiger charge is 2.11. The predicted octanol–water partition coefficient (Wildman–Crippen LogP) is 2.46. The van der Waals surface area contributed by atoms with Crippen LogP contribution in [0.25, 0.3) is 0 Å². The zero-order valence-electron chi connectivity index (χ0n) is 9.19. The van der Waals surface area contributed by atoms with Gasteiger partial charge in [0.1, 0.15) is 0 Å². The minimum Gasteiger partial charge on any atom is -0.312 e. The summed E-state index contributed by atoms with van der Waals surface area (Å²) in [5.74, 6) is 0. The minimum atomic E-state index is 1.06. The van der Waals surface area contributed by atoms with Gasteiger partial charge in [0.2, 0.25) is 0 Å². The quantitative estimate of drug-likeness (QED) is 0.753. The molecule has 0 saturated heterocycles. The van der Waals surface area contributed by atoms with Crippen LogP contribution in [0.3, 0.4) is 0 Å². The van der Waals surface area contributed by atoms with Gasteiger partial charge in [0, 0.05) is 6.54 Å². The van der Waals surface area contributed by atoms with Crippen molar-refractivity contribution in [3.05, 3.63) is 34.4 Å². The van der Waals surface area contributed by atoms with Crippen molar-refractivity contribution in [2.75, 3.05) is 6.54 Å². The minimum absolute atomic E-state index is 1.06. The monoisotopic (exact) mass is 189 g/mol. The molecular weight excluding hydrogens is 170 g/mol. The van der Waals surface area contributed by atoms with E-state index in [0.717, 1.165) is 19.5 Å². The molecule has 1 aliphatic heterocycles. The number of fused-ring (bicyclic) bond motifs is 1. The van der Waals surface area contributed by atoms with E-state index in [2.05, 4.69) is 31.3 Å². The van der Waals surface area contributed by atoms with Crippen LogP contribution >= 0.6 is 0 Å². The molecule has 1 aromatic rings. The molecule has 0 unspecified atom stereocenters. The van der Waals surface area contributed by atoms with Crippen molar-refractivity contribution in [1.29, 1.82) is 0 Å². The van der Waals surface area contributed by atoms with Gasteiger partial charge in [-0.2, -0.15) is 0 Å². The SMILES string of the molecule is CCc1cc2c(cc1CC)CNCC2. The highest BCUT2D eigenvalue weighted by atomic mass is 14.9. The zero-order chi connectivity index (χ0) is 9.97. The molecule has 1 aliphatic rings. The maximum absolute atomic E-state index is 3.43. The van der Waals surface area contributed by atoms with E-state index in [4.69, 9.17) is 0 Å². The molecule has 0 spiro atoms. The lowest BCUT2D eigenvalue weighted by Crippen LogP contribution is -2.24. The lowest BCUT2D eigenvalue weighted by molar-refractivity contribution is 0.641. The average molecular weight is 189 g/mol. The Morgan fingerprint density at radius 2 is 1.71 bits per heavy atom. The summed E-state index contributed by atoms with van der Waals surface area (Å²) in [7, 11) is 0. The number of benzene rings is 1. The number of rotatable bonds is 2. The molecule has 0 fully saturated rings. The van der Waals surface area contributed by atoms with Crippen LogP contribution in [-0.2, 0) is 25.8 Å². The molecule has 0 radical (unpaired) electrons. The number of hydrogen-bond acceptors (Lipinski definition) is 1. The van der Waals surface area contributed by atoms with E-state index in [-0.39, 0.29) is 0 Å². The second kappa shape index (κ2) is 4.14. The summed E-state index contributed by atoms with van der Waals surface area (Å²) in [6.45, 7) is 6.70. The van der Waals surface area contributed by atoms with Crippen LogP contribution in [0.15, 0.2) is 12.1 Å². The molecule has 0 saturated carbocycles. The Morgan fingerprint density at radius 3 is 2.36 bits per heavy atom. The van der Waals surface area contributed by atoms with Crippen LogP contribution < -0.4 is 5.32 Å². The Labute approximate surface area is 86.5 Å². The molecule has 2 rings (SSSR count). The molecule has 76 valence electrons. The number of aryl methyl sites for hydroxylation is 2. The van der Waals surface area contributed by atoms with Gasteiger partial charge in [0.25, 0.3) is 0 Å². The van der Waals surface area contributed by atoms with Crippen molar-refractivity contribution < 1.29 is 0 Å². The van der Waals surface area contributed by atoms with Crippen molar-refractivity contribution in [3.63, 3.8) is 0 Å². The van der Waals surface area contributed by atoms with Gasteiger partial charge in [-0.15, -0.1) is 0 Å². The fourth-order valence-electron chi connectivity index (χ4n) is 2.29. The van der Waals surface area contributed by atoms with E-state index < -0.39 is 0 Å². The van der Waals surface area contributed by atoms with Gasteiger partial charge < -0.3 is 5.32 Å². The van der Waals surface area contributed by atoms with Crippen molar-refractivity contribution in [3.8, 4) is 0 Å². The highest BCUT2D eigenvalue weighted by Crippen LogP contribution is 2.21. The molecule has 0 aliphatic carbocycles. The summed E-state index contributed by atoms with van der Waals surface area (Å²) in [4.78, 5) is 0. The maximum Gasteiger partial charge on any atom is 0.0208 e. The largest absolute Gasteiger partial charge is 0.312 e. The van der Waals surface area contributed by atoms with Gasteiger partial charge in [0.15, 0.2) is 0 Å². The lowest BCUT2D eigenvalue weighted by atomic mass is 9.92. The van der Waals surface area contributed by atoms with E-state index in [1.54, 1.807) is 11.1 Å². The molecule has 1 N–H and O–H groups in total. The van der Waals surface area contributed by atoms with Crippen LogP contribution in [-0.4, -0.2) is 6.54 Å². The summed E-state index contributed by atoms with van der Waals surface area (Å²) in [6.07, 6.45) is 3.53. The second-order valence-electron chi connectivity index (χ2n) is 4.02. The van der Waals surface area contributed by atoms with E-state index in [1.165, 1.54) is 24.0 Å². The van der Waals surface area contributed by atoms with Gasteiger partial charge in [-0.3, -0.25) is 0 Å². The number of hydrogen-bond donors (Lipinski definition) is 1. The molecular formula is C13H19N. The predicted molar refractivity (Wildman–Crippen MR) is 60.6 cm³/mol. The van der Waals surface area contributed by atoms with Crippen LogP contribution in [0.1, 0.15) is 36.1 Å². The standard InChI is InChI=1S/C13H19N/c1-3-10-7-12-5-6-14-9-13(12)8-11(10)4-2/h7-8,14H,3-6,9H2,1-2H3. The number of nitrogens with one attached hydrogen (secondary N) is 1. The van der Waals surface area contributed by atoms with Crippen LogP contribution in [0.2, 0.25) is 0 Å². The highest BCUT2D eigenvalue weighted by molar-refractivity contribution is 5.39. The smallest absolute Gasteiger partial charge is 0.0208 e. The summed E-state index contributed by atoms with van der Waals surface area (Å²) in [5.41, 5.74) is 6.17. The molecule has 1 nitrogen and oxygen atoms in total. The third-order valence-corrected chi connectivity index (χ3v) is 3.17. The van der Waals surface area contributed by atoms with Crippen molar-refractivity contribution >= 4 is 0 Å². The maximum atomic E-state index is 3.43. The summed E-state index contributed by atoms with van der Waals surface area (Å²) >= 11 is 0. The van der Waals surface area contributed by atoms with Gasteiger partial charge in [-0.25, -0.2) is 0 Å². The Kier molecular flexibility index (Phi) is 2.87. The van der Waals surface area contributed by atoms with Crippen LogP contribution in [0, 0.1) is 0 Å².